The zero-order valence-electron chi connectivity index (χ0n) is 11.3. The van der Waals surface area contributed by atoms with Gasteiger partial charge in [-0.3, -0.25) is 9.59 Å². The molecule has 0 aliphatic rings. The second kappa shape index (κ2) is 8.01. The molecule has 9 heteroatoms. The molecule has 0 fully saturated rings. The van der Waals surface area contributed by atoms with Crippen LogP contribution >= 0.6 is 11.8 Å². The number of benzene rings is 1. The van der Waals surface area contributed by atoms with Crippen LogP contribution in [-0.4, -0.2) is 43.5 Å². The number of hydrogen-bond donors (Lipinski definition) is 3. The molecule has 1 aromatic carbocycles. The molecule has 1 amide bonds. The van der Waals surface area contributed by atoms with Gasteiger partial charge in [0.05, 0.1) is 10.6 Å². The molecule has 0 saturated heterocycles. The van der Waals surface area contributed by atoms with Gasteiger partial charge in [-0.1, -0.05) is 0 Å². The molecule has 0 heterocycles. The highest BCUT2D eigenvalue weighted by atomic mass is 32.2. The van der Waals surface area contributed by atoms with E-state index in [1.165, 1.54) is 31.2 Å². The molecule has 21 heavy (non-hydrogen) atoms. The first-order valence-electron chi connectivity index (χ1n) is 5.98. The molecule has 1 aromatic rings. The second-order valence-corrected chi connectivity index (χ2v) is 6.92. The molecule has 7 nitrogen and oxygen atoms in total. The third-order valence-electron chi connectivity index (χ3n) is 2.25. The molecular formula is C12H16N2O5S2. The van der Waals surface area contributed by atoms with Crippen molar-refractivity contribution in [3.8, 4) is 0 Å². The molecule has 0 radical (unpaired) electrons. The van der Waals surface area contributed by atoms with E-state index in [1.54, 1.807) is 0 Å². The molecule has 0 atom stereocenters. The number of amides is 1. The summed E-state index contributed by atoms with van der Waals surface area (Å²) in [4.78, 5) is 21.2. The number of carbonyl (C=O) groups is 2. The van der Waals surface area contributed by atoms with Gasteiger partial charge in [0.2, 0.25) is 15.9 Å². The Morgan fingerprint density at radius 2 is 1.86 bits per heavy atom. The third kappa shape index (κ3) is 6.61. The normalized spacial score (nSPS) is 11.1. The number of rotatable bonds is 8. The van der Waals surface area contributed by atoms with Crippen molar-refractivity contribution in [1.29, 1.82) is 0 Å². The van der Waals surface area contributed by atoms with E-state index in [1.807, 2.05) is 0 Å². The molecule has 0 bridgehead atoms. The minimum absolute atomic E-state index is 0.0624. The lowest BCUT2D eigenvalue weighted by Crippen LogP contribution is -2.26. The summed E-state index contributed by atoms with van der Waals surface area (Å²) in [6, 6.07) is 5.76. The molecule has 116 valence electrons. The van der Waals surface area contributed by atoms with E-state index in [9.17, 15) is 18.0 Å². The molecule has 1 rings (SSSR count). The fourth-order valence-corrected chi connectivity index (χ4v) is 3.14. The fourth-order valence-electron chi connectivity index (χ4n) is 1.41. The quantitative estimate of drug-likeness (QED) is 0.605. The zero-order valence-corrected chi connectivity index (χ0v) is 13.0. The van der Waals surface area contributed by atoms with Crippen LogP contribution in [0.1, 0.15) is 6.92 Å². The Hall–Kier alpha value is -1.58. The summed E-state index contributed by atoms with van der Waals surface area (Å²) in [5.74, 6) is -0.863. The molecule has 0 saturated carbocycles. The van der Waals surface area contributed by atoms with Crippen LogP contribution in [0.5, 0.6) is 0 Å². The van der Waals surface area contributed by atoms with Crippen LogP contribution in [-0.2, 0) is 19.6 Å². The first-order chi connectivity index (χ1) is 9.81. The van der Waals surface area contributed by atoms with Gasteiger partial charge in [0, 0.05) is 24.9 Å². The van der Waals surface area contributed by atoms with Crippen molar-refractivity contribution in [2.75, 3.05) is 23.4 Å². The molecule has 3 N–H and O–H groups in total. The monoisotopic (exact) mass is 332 g/mol. The number of carboxylic acid groups (broad SMARTS) is 1. The van der Waals surface area contributed by atoms with Crippen LogP contribution in [0.2, 0.25) is 0 Å². The maximum absolute atomic E-state index is 11.9. The maximum Gasteiger partial charge on any atom is 0.313 e. The first-order valence-corrected chi connectivity index (χ1v) is 8.62. The number of anilines is 1. The fraction of sp³-hybridized carbons (Fsp3) is 0.333. The highest BCUT2D eigenvalue weighted by Gasteiger charge is 2.13. The smallest absolute Gasteiger partial charge is 0.313 e. The molecule has 0 spiro atoms. The van der Waals surface area contributed by atoms with Gasteiger partial charge >= 0.3 is 5.97 Å². The Balaban J connectivity index is 2.54. The topological polar surface area (TPSA) is 113 Å². The van der Waals surface area contributed by atoms with E-state index in [2.05, 4.69) is 10.0 Å². The Labute approximate surface area is 127 Å². The number of nitrogens with one attached hydrogen (secondary N) is 2. The van der Waals surface area contributed by atoms with E-state index >= 15 is 0 Å². The average Bonchev–Trinajstić information content (AvgIpc) is 2.37. The number of carbonyl (C=O) groups excluding carboxylic acids is 1. The minimum atomic E-state index is -3.63. The van der Waals surface area contributed by atoms with Crippen molar-refractivity contribution < 1.29 is 23.1 Å². The van der Waals surface area contributed by atoms with Crippen molar-refractivity contribution in [3.05, 3.63) is 24.3 Å². The highest BCUT2D eigenvalue weighted by Crippen LogP contribution is 2.14. The van der Waals surface area contributed by atoms with E-state index in [0.717, 1.165) is 11.8 Å². The number of hydrogen-bond acceptors (Lipinski definition) is 5. The third-order valence-corrected chi connectivity index (χ3v) is 4.67. The predicted octanol–water partition coefficient (Wildman–Crippen LogP) is 0.741. The predicted molar refractivity (Wildman–Crippen MR) is 80.9 cm³/mol. The second-order valence-electron chi connectivity index (χ2n) is 4.05. The molecule has 0 aliphatic carbocycles. The highest BCUT2D eigenvalue weighted by molar-refractivity contribution is 8.00. The van der Waals surface area contributed by atoms with Crippen LogP contribution in [0.3, 0.4) is 0 Å². The zero-order chi connectivity index (χ0) is 15.9. The van der Waals surface area contributed by atoms with Crippen LogP contribution < -0.4 is 10.0 Å². The van der Waals surface area contributed by atoms with Crippen molar-refractivity contribution in [2.24, 2.45) is 0 Å². The van der Waals surface area contributed by atoms with Crippen LogP contribution in [0.15, 0.2) is 29.2 Å². The van der Waals surface area contributed by atoms with Crippen LogP contribution in [0, 0.1) is 0 Å². The van der Waals surface area contributed by atoms with E-state index in [-0.39, 0.29) is 23.1 Å². The summed E-state index contributed by atoms with van der Waals surface area (Å²) in [6.45, 7) is 1.51. The average molecular weight is 332 g/mol. The Morgan fingerprint density at radius 3 is 2.38 bits per heavy atom. The largest absolute Gasteiger partial charge is 0.481 e. The Morgan fingerprint density at radius 1 is 1.24 bits per heavy atom. The van der Waals surface area contributed by atoms with Gasteiger partial charge in [0.25, 0.3) is 0 Å². The molecular weight excluding hydrogens is 316 g/mol. The summed E-state index contributed by atoms with van der Waals surface area (Å²) in [6.07, 6.45) is 0. The summed E-state index contributed by atoms with van der Waals surface area (Å²) in [7, 11) is -3.63. The molecule has 0 aliphatic heterocycles. The van der Waals surface area contributed by atoms with Crippen LogP contribution in [0.25, 0.3) is 0 Å². The van der Waals surface area contributed by atoms with E-state index in [0.29, 0.717) is 11.4 Å². The lowest BCUT2D eigenvalue weighted by atomic mass is 10.3. The lowest BCUT2D eigenvalue weighted by Gasteiger charge is -2.07. The number of sulfonamides is 1. The first kappa shape index (κ1) is 17.5. The summed E-state index contributed by atoms with van der Waals surface area (Å²) in [5.41, 5.74) is 0.512. The van der Waals surface area contributed by atoms with Crippen LogP contribution in [0.4, 0.5) is 5.69 Å². The van der Waals surface area contributed by atoms with Gasteiger partial charge in [-0.15, -0.1) is 11.8 Å². The number of thioether (sulfide) groups is 1. The summed E-state index contributed by atoms with van der Waals surface area (Å²) in [5, 5.41) is 11.0. The molecule has 0 aromatic heterocycles. The summed E-state index contributed by atoms with van der Waals surface area (Å²) >= 11 is 1.13. The number of carboxylic acids is 1. The van der Waals surface area contributed by atoms with E-state index < -0.39 is 16.0 Å². The SMILES string of the molecule is CC(=O)Nc1ccc(S(=O)(=O)NCCSCC(=O)O)cc1. The number of aliphatic carboxylic acids is 1. The van der Waals surface area contributed by atoms with Gasteiger partial charge < -0.3 is 10.4 Å². The van der Waals surface area contributed by atoms with Crippen molar-refractivity contribution in [3.63, 3.8) is 0 Å². The summed E-state index contributed by atoms with van der Waals surface area (Å²) < 4.78 is 26.3. The molecule has 0 unspecified atom stereocenters. The Bertz CT molecular complexity index is 599. The van der Waals surface area contributed by atoms with Gasteiger partial charge in [0.15, 0.2) is 0 Å². The van der Waals surface area contributed by atoms with E-state index in [4.69, 9.17) is 5.11 Å². The van der Waals surface area contributed by atoms with Gasteiger partial charge in [-0.25, -0.2) is 13.1 Å². The standard InChI is InChI=1S/C12H16N2O5S2/c1-9(15)14-10-2-4-11(5-3-10)21(18,19)13-6-7-20-8-12(16)17/h2-5,13H,6-8H2,1H3,(H,14,15)(H,16,17). The van der Waals surface area contributed by atoms with Gasteiger partial charge in [0.1, 0.15) is 0 Å². The van der Waals surface area contributed by atoms with Gasteiger partial charge in [-0.2, -0.15) is 0 Å². The van der Waals surface area contributed by atoms with Crippen molar-refractivity contribution >= 4 is 39.3 Å². The lowest BCUT2D eigenvalue weighted by molar-refractivity contribution is -0.133. The van der Waals surface area contributed by atoms with Crippen molar-refractivity contribution in [2.45, 2.75) is 11.8 Å². The Kier molecular flexibility index (Phi) is 6.66. The van der Waals surface area contributed by atoms with Crippen molar-refractivity contribution in [1.82, 2.24) is 4.72 Å². The van der Waals surface area contributed by atoms with Gasteiger partial charge in [-0.05, 0) is 24.3 Å². The minimum Gasteiger partial charge on any atom is -0.481 e. The maximum atomic E-state index is 11.9.